The van der Waals surface area contributed by atoms with E-state index in [1.807, 2.05) is 7.05 Å². The summed E-state index contributed by atoms with van der Waals surface area (Å²) in [5.41, 5.74) is 6.38. The number of likely N-dealkylation sites (N-methyl/N-ethyl adjacent to an activating group) is 1. The highest BCUT2D eigenvalue weighted by atomic mass is 32.2. The molecule has 0 radical (unpaired) electrons. The van der Waals surface area contributed by atoms with Crippen molar-refractivity contribution in [2.24, 2.45) is 11.1 Å². The molecule has 0 aromatic heterocycles. The lowest BCUT2D eigenvalue weighted by Crippen LogP contribution is -2.55. The zero-order valence-electron chi connectivity index (χ0n) is 12.2. The standard InChI is InChI=1S/C13H28N2O2S/c1-12(2)5-7-13(11-14,8-6-12)15(3)9-10-18(4,16)17/h5-11,14H2,1-4H3. The molecule has 1 rings (SSSR count). The highest BCUT2D eigenvalue weighted by Gasteiger charge is 2.40. The van der Waals surface area contributed by atoms with Crippen molar-refractivity contribution in [1.82, 2.24) is 4.90 Å². The van der Waals surface area contributed by atoms with Gasteiger partial charge in [-0.2, -0.15) is 0 Å². The second kappa shape index (κ2) is 5.47. The van der Waals surface area contributed by atoms with Crippen molar-refractivity contribution in [2.75, 3.05) is 32.1 Å². The van der Waals surface area contributed by atoms with Crippen LogP contribution >= 0.6 is 0 Å². The zero-order chi connectivity index (χ0) is 14.0. The molecule has 0 saturated heterocycles. The van der Waals surface area contributed by atoms with Crippen LogP contribution in [0.25, 0.3) is 0 Å². The number of rotatable bonds is 5. The Balaban J connectivity index is 2.65. The molecular weight excluding hydrogens is 248 g/mol. The minimum absolute atomic E-state index is 0.000208. The molecular formula is C13H28N2O2S. The van der Waals surface area contributed by atoms with Gasteiger partial charge in [0.25, 0.3) is 0 Å². The van der Waals surface area contributed by atoms with Gasteiger partial charge in [-0.05, 0) is 38.1 Å². The fourth-order valence-electron chi connectivity index (χ4n) is 2.67. The minimum atomic E-state index is -2.90. The van der Waals surface area contributed by atoms with Gasteiger partial charge in [0, 0.05) is 24.9 Å². The topological polar surface area (TPSA) is 63.4 Å². The first-order valence-electron chi connectivity index (χ1n) is 6.69. The molecule has 1 aliphatic carbocycles. The minimum Gasteiger partial charge on any atom is -0.329 e. The molecule has 0 unspecified atom stereocenters. The second-order valence-corrected chi connectivity index (χ2v) is 8.90. The van der Waals surface area contributed by atoms with Crippen LogP contribution < -0.4 is 5.73 Å². The van der Waals surface area contributed by atoms with E-state index in [1.165, 1.54) is 6.26 Å². The van der Waals surface area contributed by atoms with Gasteiger partial charge in [0.05, 0.1) is 5.75 Å². The zero-order valence-corrected chi connectivity index (χ0v) is 13.0. The number of nitrogens with zero attached hydrogens (tertiary/aromatic N) is 1. The van der Waals surface area contributed by atoms with E-state index in [2.05, 4.69) is 18.7 Å². The third kappa shape index (κ3) is 4.21. The summed E-state index contributed by atoms with van der Waals surface area (Å²) >= 11 is 0. The molecule has 1 aliphatic rings. The second-order valence-electron chi connectivity index (χ2n) is 6.64. The Kier molecular flexibility index (Phi) is 4.84. The summed E-state index contributed by atoms with van der Waals surface area (Å²) in [7, 11) is -0.888. The Bertz CT molecular complexity index is 366. The lowest BCUT2D eigenvalue weighted by Gasteiger charge is -2.48. The number of hydrogen-bond donors (Lipinski definition) is 1. The SMILES string of the molecule is CN(CCS(C)(=O)=O)C1(CN)CCC(C)(C)CC1. The molecule has 0 aromatic carbocycles. The maximum absolute atomic E-state index is 11.3. The monoisotopic (exact) mass is 276 g/mol. The van der Waals surface area contributed by atoms with Crippen LogP contribution in [0.15, 0.2) is 0 Å². The number of hydrogen-bond acceptors (Lipinski definition) is 4. The van der Waals surface area contributed by atoms with Crippen LogP contribution in [0.4, 0.5) is 0 Å². The van der Waals surface area contributed by atoms with Gasteiger partial charge < -0.3 is 5.73 Å². The summed E-state index contributed by atoms with van der Waals surface area (Å²) < 4.78 is 22.5. The van der Waals surface area contributed by atoms with Crippen LogP contribution in [-0.2, 0) is 9.84 Å². The van der Waals surface area contributed by atoms with Crippen molar-refractivity contribution in [2.45, 2.75) is 45.1 Å². The van der Waals surface area contributed by atoms with Crippen molar-refractivity contribution in [1.29, 1.82) is 0 Å². The molecule has 0 heterocycles. The summed E-state index contributed by atoms with van der Waals surface area (Å²) in [6.45, 7) is 5.79. The molecule has 2 N–H and O–H groups in total. The molecule has 108 valence electrons. The van der Waals surface area contributed by atoms with Gasteiger partial charge in [0.15, 0.2) is 0 Å². The molecule has 1 saturated carbocycles. The van der Waals surface area contributed by atoms with Crippen molar-refractivity contribution < 1.29 is 8.42 Å². The molecule has 4 nitrogen and oxygen atoms in total. The highest BCUT2D eigenvalue weighted by Crippen LogP contribution is 2.42. The Labute approximate surface area is 112 Å². The highest BCUT2D eigenvalue weighted by molar-refractivity contribution is 7.90. The quantitative estimate of drug-likeness (QED) is 0.821. The number of nitrogens with two attached hydrogens (primary N) is 1. The van der Waals surface area contributed by atoms with E-state index in [4.69, 9.17) is 5.73 Å². The van der Waals surface area contributed by atoms with Crippen LogP contribution in [-0.4, -0.2) is 51.0 Å². The molecule has 0 amide bonds. The van der Waals surface area contributed by atoms with Gasteiger partial charge in [-0.15, -0.1) is 0 Å². The predicted molar refractivity (Wildman–Crippen MR) is 76.4 cm³/mol. The lowest BCUT2D eigenvalue weighted by molar-refractivity contribution is 0.0458. The van der Waals surface area contributed by atoms with Crippen molar-refractivity contribution in [3.05, 3.63) is 0 Å². The van der Waals surface area contributed by atoms with Crippen LogP contribution in [0.5, 0.6) is 0 Å². The van der Waals surface area contributed by atoms with Gasteiger partial charge in [0.2, 0.25) is 0 Å². The summed E-state index contributed by atoms with van der Waals surface area (Å²) in [5.74, 6) is 0.217. The Morgan fingerprint density at radius 3 is 2.06 bits per heavy atom. The van der Waals surface area contributed by atoms with Gasteiger partial charge in [-0.3, -0.25) is 4.90 Å². The van der Waals surface area contributed by atoms with Crippen molar-refractivity contribution in [3.8, 4) is 0 Å². The Morgan fingerprint density at radius 2 is 1.67 bits per heavy atom. The summed E-state index contributed by atoms with van der Waals surface area (Å²) in [6, 6.07) is 0. The van der Waals surface area contributed by atoms with Gasteiger partial charge in [-0.25, -0.2) is 8.42 Å². The summed E-state index contributed by atoms with van der Waals surface area (Å²) in [5, 5.41) is 0. The fraction of sp³-hybridized carbons (Fsp3) is 1.00. The van der Waals surface area contributed by atoms with Crippen LogP contribution in [0, 0.1) is 5.41 Å². The average Bonchev–Trinajstić information content (AvgIpc) is 2.26. The average molecular weight is 276 g/mol. The third-order valence-electron chi connectivity index (χ3n) is 4.52. The van der Waals surface area contributed by atoms with E-state index in [9.17, 15) is 8.42 Å². The predicted octanol–water partition coefficient (Wildman–Crippen LogP) is 1.26. The van der Waals surface area contributed by atoms with Gasteiger partial charge in [-0.1, -0.05) is 13.8 Å². The van der Waals surface area contributed by atoms with Gasteiger partial charge >= 0.3 is 0 Å². The first-order chi connectivity index (χ1) is 8.10. The largest absolute Gasteiger partial charge is 0.329 e. The molecule has 0 spiro atoms. The smallest absolute Gasteiger partial charge is 0.148 e. The summed E-state index contributed by atoms with van der Waals surface area (Å²) in [4.78, 5) is 2.17. The number of sulfone groups is 1. The van der Waals surface area contributed by atoms with E-state index in [-0.39, 0.29) is 11.3 Å². The van der Waals surface area contributed by atoms with E-state index < -0.39 is 9.84 Å². The Hall–Kier alpha value is -0.130. The molecule has 0 atom stereocenters. The Morgan fingerprint density at radius 1 is 1.17 bits per heavy atom. The van der Waals surface area contributed by atoms with E-state index in [0.29, 0.717) is 18.5 Å². The van der Waals surface area contributed by atoms with Crippen LogP contribution in [0.1, 0.15) is 39.5 Å². The maximum atomic E-state index is 11.3. The summed E-state index contributed by atoms with van der Waals surface area (Å²) in [6.07, 6.45) is 5.74. The molecule has 1 fully saturated rings. The van der Waals surface area contributed by atoms with Crippen LogP contribution in [0.3, 0.4) is 0 Å². The van der Waals surface area contributed by atoms with Gasteiger partial charge in [0.1, 0.15) is 9.84 Å². The fourth-order valence-corrected chi connectivity index (χ4v) is 3.28. The lowest BCUT2D eigenvalue weighted by atomic mass is 9.69. The van der Waals surface area contributed by atoms with E-state index in [0.717, 1.165) is 25.7 Å². The van der Waals surface area contributed by atoms with Crippen LogP contribution in [0.2, 0.25) is 0 Å². The molecule has 0 aliphatic heterocycles. The molecule has 18 heavy (non-hydrogen) atoms. The first kappa shape index (κ1) is 15.9. The first-order valence-corrected chi connectivity index (χ1v) is 8.75. The molecule has 0 aromatic rings. The normalized spacial score (nSPS) is 23.2. The van der Waals surface area contributed by atoms with E-state index in [1.54, 1.807) is 0 Å². The molecule has 5 heteroatoms. The van der Waals surface area contributed by atoms with Crippen molar-refractivity contribution >= 4 is 9.84 Å². The van der Waals surface area contributed by atoms with E-state index >= 15 is 0 Å². The van der Waals surface area contributed by atoms with Crippen molar-refractivity contribution in [3.63, 3.8) is 0 Å². The third-order valence-corrected chi connectivity index (χ3v) is 5.45. The molecule has 0 bridgehead atoms. The maximum Gasteiger partial charge on any atom is 0.148 e.